The van der Waals surface area contributed by atoms with Gasteiger partial charge in [0.25, 0.3) is 5.91 Å². The van der Waals surface area contributed by atoms with Crippen LogP contribution in [0.1, 0.15) is 51.7 Å². The summed E-state index contributed by atoms with van der Waals surface area (Å²) < 4.78 is 13.1. The SMILES string of the molecule is CCOc1cc(C=Nc2sc3c(c2C(=O)Nc2ccccc2)CCCC3)cc(Br)c1OCc1cccc2ccccc12. The van der Waals surface area contributed by atoms with Crippen molar-refractivity contribution < 1.29 is 14.3 Å². The van der Waals surface area contributed by atoms with Crippen LogP contribution in [-0.2, 0) is 19.4 Å². The molecule has 7 heteroatoms. The van der Waals surface area contributed by atoms with Gasteiger partial charge in [0.15, 0.2) is 11.5 Å². The zero-order chi connectivity index (χ0) is 28.9. The second-order valence-corrected chi connectivity index (χ2v) is 12.1. The van der Waals surface area contributed by atoms with Crippen LogP contribution >= 0.6 is 27.3 Å². The smallest absolute Gasteiger partial charge is 0.259 e. The molecule has 1 aliphatic rings. The monoisotopic (exact) mass is 638 g/mol. The van der Waals surface area contributed by atoms with E-state index >= 15 is 0 Å². The number of para-hydroxylation sites is 1. The number of aliphatic imine (C=N–C) groups is 1. The number of anilines is 1. The molecule has 0 radical (unpaired) electrons. The number of aryl methyl sites for hydroxylation is 1. The largest absolute Gasteiger partial charge is 0.490 e. The molecule has 1 aliphatic carbocycles. The van der Waals surface area contributed by atoms with Crippen LogP contribution in [0, 0.1) is 0 Å². The van der Waals surface area contributed by atoms with Crippen LogP contribution in [0.3, 0.4) is 0 Å². The van der Waals surface area contributed by atoms with Crippen LogP contribution in [0.25, 0.3) is 10.8 Å². The fourth-order valence-electron chi connectivity index (χ4n) is 5.36. The molecule has 212 valence electrons. The molecule has 0 spiro atoms. The maximum absolute atomic E-state index is 13.5. The van der Waals surface area contributed by atoms with Crippen molar-refractivity contribution in [1.82, 2.24) is 0 Å². The van der Waals surface area contributed by atoms with Gasteiger partial charge >= 0.3 is 0 Å². The lowest BCUT2D eigenvalue weighted by atomic mass is 9.95. The van der Waals surface area contributed by atoms with Crippen molar-refractivity contribution in [3.63, 3.8) is 0 Å². The fraction of sp³-hybridized carbons (Fsp3) is 0.200. The van der Waals surface area contributed by atoms with E-state index < -0.39 is 0 Å². The summed E-state index contributed by atoms with van der Waals surface area (Å²) in [5.41, 5.74) is 4.56. The quantitative estimate of drug-likeness (QED) is 0.164. The summed E-state index contributed by atoms with van der Waals surface area (Å²) in [5.74, 6) is 1.18. The van der Waals surface area contributed by atoms with Crippen molar-refractivity contribution in [2.75, 3.05) is 11.9 Å². The van der Waals surface area contributed by atoms with Crippen molar-refractivity contribution in [2.45, 2.75) is 39.2 Å². The molecule has 0 unspecified atom stereocenters. The lowest BCUT2D eigenvalue weighted by Gasteiger charge is -2.15. The van der Waals surface area contributed by atoms with E-state index in [0.29, 0.717) is 30.3 Å². The summed E-state index contributed by atoms with van der Waals surface area (Å²) in [4.78, 5) is 19.6. The molecule has 1 N–H and O–H groups in total. The second-order valence-electron chi connectivity index (χ2n) is 10.2. The van der Waals surface area contributed by atoms with E-state index in [9.17, 15) is 4.79 Å². The molecule has 0 atom stereocenters. The van der Waals surface area contributed by atoms with Crippen LogP contribution in [-0.4, -0.2) is 18.7 Å². The standard InChI is InChI=1S/C35H31BrN2O3S/c1-2-40-30-20-23(19-29(36)33(30)41-22-25-13-10-12-24-11-6-7-16-27(24)25)21-37-35-32(28-17-8-9-18-31(28)42-35)34(39)38-26-14-4-3-5-15-26/h3-7,10-16,19-21H,2,8-9,17-18,22H2,1H3,(H,38,39). The predicted octanol–water partition coefficient (Wildman–Crippen LogP) is 9.52. The van der Waals surface area contributed by atoms with E-state index in [1.54, 1.807) is 17.6 Å². The number of rotatable bonds is 9. The number of hydrogen-bond acceptors (Lipinski definition) is 5. The summed E-state index contributed by atoms with van der Waals surface area (Å²) in [6, 6.07) is 28.0. The van der Waals surface area contributed by atoms with Crippen LogP contribution in [0.5, 0.6) is 11.5 Å². The normalized spacial score (nSPS) is 12.8. The number of carbonyl (C=O) groups excluding carboxylic acids is 1. The summed E-state index contributed by atoms with van der Waals surface area (Å²) in [5, 5.41) is 6.15. The van der Waals surface area contributed by atoms with E-state index in [4.69, 9.17) is 14.5 Å². The molecule has 5 nitrogen and oxygen atoms in total. The minimum Gasteiger partial charge on any atom is -0.490 e. The topological polar surface area (TPSA) is 59.9 Å². The third-order valence-electron chi connectivity index (χ3n) is 7.33. The number of fused-ring (bicyclic) bond motifs is 2. The first kappa shape index (κ1) is 28.2. The van der Waals surface area contributed by atoms with Gasteiger partial charge in [0.1, 0.15) is 11.6 Å². The van der Waals surface area contributed by atoms with E-state index in [2.05, 4.69) is 51.6 Å². The Morgan fingerprint density at radius 2 is 1.76 bits per heavy atom. The van der Waals surface area contributed by atoms with Gasteiger partial charge < -0.3 is 14.8 Å². The van der Waals surface area contributed by atoms with Crippen molar-refractivity contribution in [3.8, 4) is 11.5 Å². The minimum atomic E-state index is -0.110. The highest BCUT2D eigenvalue weighted by Crippen LogP contribution is 2.41. The van der Waals surface area contributed by atoms with Gasteiger partial charge in [0.05, 0.1) is 16.6 Å². The molecular weight excluding hydrogens is 608 g/mol. The summed E-state index contributed by atoms with van der Waals surface area (Å²) in [6.45, 7) is 2.87. The lowest BCUT2D eigenvalue weighted by molar-refractivity contribution is 0.102. The Bertz CT molecular complexity index is 1760. The van der Waals surface area contributed by atoms with Crippen molar-refractivity contribution >= 4 is 60.8 Å². The first-order valence-electron chi connectivity index (χ1n) is 14.2. The zero-order valence-electron chi connectivity index (χ0n) is 23.4. The summed E-state index contributed by atoms with van der Waals surface area (Å²) >= 11 is 5.33. The van der Waals surface area contributed by atoms with Gasteiger partial charge in [-0.3, -0.25) is 4.79 Å². The number of ether oxygens (including phenoxy) is 2. The van der Waals surface area contributed by atoms with Crippen LogP contribution < -0.4 is 14.8 Å². The minimum absolute atomic E-state index is 0.110. The first-order valence-corrected chi connectivity index (χ1v) is 15.8. The number of nitrogens with one attached hydrogen (secondary N) is 1. The van der Waals surface area contributed by atoms with Gasteiger partial charge in [-0.15, -0.1) is 11.3 Å². The number of carbonyl (C=O) groups is 1. The molecule has 0 saturated heterocycles. The van der Waals surface area contributed by atoms with Crippen LogP contribution in [0.15, 0.2) is 94.4 Å². The molecule has 5 aromatic rings. The van der Waals surface area contributed by atoms with E-state index in [-0.39, 0.29) is 5.91 Å². The highest BCUT2D eigenvalue weighted by molar-refractivity contribution is 9.10. The number of amides is 1. The lowest BCUT2D eigenvalue weighted by Crippen LogP contribution is -2.14. The molecule has 0 fully saturated rings. The fourth-order valence-corrected chi connectivity index (χ4v) is 7.16. The molecule has 1 amide bonds. The molecule has 0 bridgehead atoms. The maximum atomic E-state index is 13.5. The van der Waals surface area contributed by atoms with Crippen molar-refractivity contribution in [2.24, 2.45) is 4.99 Å². The number of nitrogens with zero attached hydrogens (tertiary/aromatic N) is 1. The molecule has 42 heavy (non-hydrogen) atoms. The second kappa shape index (κ2) is 12.9. The number of halogens is 1. The molecule has 6 rings (SSSR count). The summed E-state index contributed by atoms with van der Waals surface area (Å²) in [7, 11) is 0. The van der Waals surface area contributed by atoms with Gasteiger partial charge in [-0.05, 0) is 100 Å². The molecule has 4 aromatic carbocycles. The van der Waals surface area contributed by atoms with E-state index in [1.165, 1.54) is 15.6 Å². The number of hydrogen-bond donors (Lipinski definition) is 1. The van der Waals surface area contributed by atoms with Gasteiger partial charge in [-0.1, -0.05) is 60.7 Å². The molecule has 1 aromatic heterocycles. The average Bonchev–Trinajstić information content (AvgIpc) is 3.39. The van der Waals surface area contributed by atoms with Gasteiger partial charge in [-0.2, -0.15) is 0 Å². The maximum Gasteiger partial charge on any atom is 0.259 e. The van der Waals surface area contributed by atoms with Crippen LogP contribution in [0.4, 0.5) is 10.7 Å². The van der Waals surface area contributed by atoms with Gasteiger partial charge in [0.2, 0.25) is 0 Å². The highest BCUT2D eigenvalue weighted by atomic mass is 79.9. The van der Waals surface area contributed by atoms with Crippen molar-refractivity contribution in [1.29, 1.82) is 0 Å². The van der Waals surface area contributed by atoms with E-state index in [1.807, 2.05) is 61.5 Å². The number of thiophene rings is 1. The first-order chi connectivity index (χ1) is 20.6. The molecule has 0 aliphatic heterocycles. The molecule has 0 saturated carbocycles. The molecule has 1 heterocycles. The van der Waals surface area contributed by atoms with Gasteiger partial charge in [0, 0.05) is 16.8 Å². The Kier molecular flexibility index (Phi) is 8.68. The highest BCUT2D eigenvalue weighted by Gasteiger charge is 2.25. The third-order valence-corrected chi connectivity index (χ3v) is 9.11. The predicted molar refractivity (Wildman–Crippen MR) is 176 cm³/mol. The summed E-state index contributed by atoms with van der Waals surface area (Å²) in [6.07, 6.45) is 5.93. The van der Waals surface area contributed by atoms with Crippen molar-refractivity contribution in [3.05, 3.63) is 117 Å². The molecular formula is C35H31BrN2O3S. The Balaban J connectivity index is 1.28. The zero-order valence-corrected chi connectivity index (χ0v) is 25.8. The Labute approximate surface area is 258 Å². The Hall–Kier alpha value is -3.94. The Morgan fingerprint density at radius 3 is 2.62 bits per heavy atom. The Morgan fingerprint density at radius 1 is 0.976 bits per heavy atom. The van der Waals surface area contributed by atoms with E-state index in [0.717, 1.165) is 57.5 Å². The van der Waals surface area contributed by atoms with Crippen LogP contribution in [0.2, 0.25) is 0 Å². The van der Waals surface area contributed by atoms with Gasteiger partial charge in [-0.25, -0.2) is 4.99 Å². The average molecular weight is 640 g/mol. The third kappa shape index (κ3) is 6.13. The number of benzene rings is 4.